The van der Waals surface area contributed by atoms with Gasteiger partial charge in [0.1, 0.15) is 12.4 Å². The van der Waals surface area contributed by atoms with Crippen molar-refractivity contribution in [3.63, 3.8) is 0 Å². The van der Waals surface area contributed by atoms with E-state index in [0.717, 1.165) is 12.0 Å². The number of carbonyl (C=O) groups excluding carboxylic acids is 1. The fourth-order valence-electron chi connectivity index (χ4n) is 2.22. The minimum atomic E-state index is -0.358. The normalized spacial score (nSPS) is 10.7. The van der Waals surface area contributed by atoms with Gasteiger partial charge in [-0.3, -0.25) is 0 Å². The highest BCUT2D eigenvalue weighted by Crippen LogP contribution is 2.24. The maximum absolute atomic E-state index is 11.9. The molecule has 2 aromatic rings. The average molecular weight is 327 g/mol. The minimum absolute atomic E-state index is 0.358. The predicted molar refractivity (Wildman–Crippen MR) is 96.3 cm³/mol. The molecular weight excluding hydrogens is 302 g/mol. The van der Waals surface area contributed by atoms with Crippen LogP contribution in [0.3, 0.4) is 0 Å². The lowest BCUT2D eigenvalue weighted by Gasteiger charge is -2.12. The topological polar surface area (TPSA) is 61.5 Å². The van der Waals surface area contributed by atoms with Crippen LogP contribution in [0.1, 0.15) is 54.6 Å². The van der Waals surface area contributed by atoms with Gasteiger partial charge in [0, 0.05) is 0 Å². The van der Waals surface area contributed by atoms with Gasteiger partial charge in [0.25, 0.3) is 0 Å². The first-order valence-corrected chi connectivity index (χ1v) is 8.29. The lowest BCUT2D eigenvalue weighted by molar-refractivity contribution is 0.0504. The van der Waals surface area contributed by atoms with Crippen molar-refractivity contribution in [1.29, 1.82) is 0 Å². The average Bonchev–Trinajstić information content (AvgIpc) is 2.59. The quantitative estimate of drug-likeness (QED) is 0.599. The number of benzene rings is 2. The first-order valence-electron chi connectivity index (χ1n) is 8.29. The summed E-state index contributed by atoms with van der Waals surface area (Å²) in [5.41, 5.74) is 9.23. The van der Waals surface area contributed by atoms with Crippen LogP contribution in [0.5, 0.6) is 5.75 Å². The molecule has 0 fully saturated rings. The van der Waals surface area contributed by atoms with Gasteiger partial charge >= 0.3 is 5.97 Å². The van der Waals surface area contributed by atoms with E-state index in [1.54, 1.807) is 18.2 Å². The van der Waals surface area contributed by atoms with Crippen molar-refractivity contribution < 1.29 is 14.3 Å². The van der Waals surface area contributed by atoms with Crippen molar-refractivity contribution in [3.8, 4) is 5.75 Å². The lowest BCUT2D eigenvalue weighted by atomic mass is 10.0. The van der Waals surface area contributed by atoms with Crippen LogP contribution in [0.15, 0.2) is 42.5 Å². The van der Waals surface area contributed by atoms with Crippen LogP contribution in [-0.2, 0) is 11.3 Å². The SMILES string of the molecule is CCCOC(=O)c1ccc(N)c(OCc2ccc(C(C)C)cc2)c1. The number of rotatable bonds is 7. The summed E-state index contributed by atoms with van der Waals surface area (Å²) in [7, 11) is 0. The third kappa shape index (κ3) is 4.75. The molecule has 24 heavy (non-hydrogen) atoms. The molecule has 128 valence electrons. The number of esters is 1. The largest absolute Gasteiger partial charge is 0.487 e. The molecule has 2 aromatic carbocycles. The number of hydrogen-bond donors (Lipinski definition) is 1. The Kier molecular flexibility index (Phi) is 6.24. The molecule has 4 heteroatoms. The molecule has 0 aliphatic carbocycles. The Bertz CT molecular complexity index is 678. The Balaban J connectivity index is 2.04. The molecule has 0 radical (unpaired) electrons. The summed E-state index contributed by atoms with van der Waals surface area (Å²) >= 11 is 0. The molecule has 2 rings (SSSR count). The molecular formula is C20H25NO3. The molecule has 0 aliphatic heterocycles. The monoisotopic (exact) mass is 327 g/mol. The summed E-state index contributed by atoms with van der Waals surface area (Å²) in [6.07, 6.45) is 0.788. The van der Waals surface area contributed by atoms with Crippen molar-refractivity contribution in [3.05, 3.63) is 59.2 Å². The number of hydrogen-bond acceptors (Lipinski definition) is 4. The molecule has 2 N–H and O–H groups in total. The zero-order chi connectivity index (χ0) is 17.5. The number of nitrogens with two attached hydrogens (primary N) is 1. The Morgan fingerprint density at radius 3 is 2.46 bits per heavy atom. The van der Waals surface area contributed by atoms with Gasteiger partial charge < -0.3 is 15.2 Å². The highest BCUT2D eigenvalue weighted by atomic mass is 16.5. The van der Waals surface area contributed by atoms with E-state index in [4.69, 9.17) is 15.2 Å². The summed E-state index contributed by atoms with van der Waals surface area (Å²) in [6.45, 7) is 7.08. The fourth-order valence-corrected chi connectivity index (χ4v) is 2.22. The van der Waals surface area contributed by atoms with E-state index >= 15 is 0 Å². The van der Waals surface area contributed by atoms with Gasteiger partial charge in [-0.2, -0.15) is 0 Å². The first-order chi connectivity index (χ1) is 11.5. The molecule has 0 atom stereocenters. The second-order valence-electron chi connectivity index (χ2n) is 6.07. The Hall–Kier alpha value is -2.49. The second kappa shape index (κ2) is 8.39. The Labute approximate surface area is 143 Å². The van der Waals surface area contributed by atoms with Crippen molar-refractivity contribution in [2.75, 3.05) is 12.3 Å². The van der Waals surface area contributed by atoms with E-state index in [-0.39, 0.29) is 5.97 Å². The zero-order valence-electron chi connectivity index (χ0n) is 14.5. The first kappa shape index (κ1) is 17.9. The van der Waals surface area contributed by atoms with Crippen LogP contribution < -0.4 is 10.5 Å². The van der Waals surface area contributed by atoms with E-state index in [9.17, 15) is 4.79 Å². The zero-order valence-corrected chi connectivity index (χ0v) is 14.5. The number of nitrogen functional groups attached to an aromatic ring is 1. The highest BCUT2D eigenvalue weighted by molar-refractivity contribution is 5.90. The van der Waals surface area contributed by atoms with Gasteiger partial charge in [0.15, 0.2) is 0 Å². The Morgan fingerprint density at radius 1 is 1.12 bits per heavy atom. The third-order valence-corrected chi connectivity index (χ3v) is 3.73. The molecule has 0 spiro atoms. The van der Waals surface area contributed by atoms with Crippen LogP contribution in [0.4, 0.5) is 5.69 Å². The molecule has 0 aliphatic rings. The summed E-state index contributed by atoms with van der Waals surface area (Å²) in [6, 6.07) is 13.2. The van der Waals surface area contributed by atoms with Gasteiger partial charge in [0.05, 0.1) is 17.9 Å². The molecule has 0 unspecified atom stereocenters. The van der Waals surface area contributed by atoms with Crippen LogP contribution in [0, 0.1) is 0 Å². The molecule has 0 saturated carbocycles. The standard InChI is InChI=1S/C20H25NO3/c1-4-11-23-20(22)17-9-10-18(21)19(12-17)24-13-15-5-7-16(8-6-15)14(2)3/h5-10,12,14H,4,11,13,21H2,1-3H3. The minimum Gasteiger partial charge on any atom is -0.487 e. The van der Waals surface area contributed by atoms with Gasteiger partial charge in [-0.05, 0) is 41.7 Å². The van der Waals surface area contributed by atoms with Gasteiger partial charge in [-0.1, -0.05) is 45.0 Å². The van der Waals surface area contributed by atoms with Crippen molar-refractivity contribution in [2.45, 2.75) is 39.7 Å². The third-order valence-electron chi connectivity index (χ3n) is 3.73. The van der Waals surface area contributed by atoms with E-state index in [0.29, 0.717) is 36.1 Å². The van der Waals surface area contributed by atoms with Crippen LogP contribution in [0.2, 0.25) is 0 Å². The second-order valence-corrected chi connectivity index (χ2v) is 6.07. The molecule has 0 saturated heterocycles. The van der Waals surface area contributed by atoms with E-state index in [1.807, 2.05) is 19.1 Å². The number of anilines is 1. The number of carbonyl (C=O) groups is 1. The summed E-state index contributed by atoms with van der Waals surface area (Å²) < 4.78 is 10.9. The van der Waals surface area contributed by atoms with Crippen LogP contribution >= 0.6 is 0 Å². The molecule has 0 heterocycles. The maximum Gasteiger partial charge on any atom is 0.338 e. The van der Waals surface area contributed by atoms with Gasteiger partial charge in [-0.15, -0.1) is 0 Å². The van der Waals surface area contributed by atoms with E-state index in [2.05, 4.69) is 26.0 Å². The van der Waals surface area contributed by atoms with Crippen molar-refractivity contribution in [1.82, 2.24) is 0 Å². The molecule has 0 bridgehead atoms. The summed E-state index contributed by atoms with van der Waals surface area (Å²) in [5.74, 6) is 0.637. The summed E-state index contributed by atoms with van der Waals surface area (Å²) in [5, 5.41) is 0. The smallest absolute Gasteiger partial charge is 0.338 e. The van der Waals surface area contributed by atoms with E-state index < -0.39 is 0 Å². The predicted octanol–water partition coefficient (Wildman–Crippen LogP) is 4.54. The molecule has 4 nitrogen and oxygen atoms in total. The fraction of sp³-hybridized carbons (Fsp3) is 0.350. The van der Waals surface area contributed by atoms with Crippen molar-refractivity contribution >= 4 is 11.7 Å². The Morgan fingerprint density at radius 2 is 1.83 bits per heavy atom. The van der Waals surface area contributed by atoms with Gasteiger partial charge in [0.2, 0.25) is 0 Å². The lowest BCUT2D eigenvalue weighted by Crippen LogP contribution is -2.07. The molecule has 0 amide bonds. The van der Waals surface area contributed by atoms with Crippen LogP contribution in [0.25, 0.3) is 0 Å². The highest BCUT2D eigenvalue weighted by Gasteiger charge is 2.10. The maximum atomic E-state index is 11.9. The summed E-state index contributed by atoms with van der Waals surface area (Å²) in [4.78, 5) is 11.9. The van der Waals surface area contributed by atoms with E-state index in [1.165, 1.54) is 5.56 Å². The van der Waals surface area contributed by atoms with Crippen LogP contribution in [-0.4, -0.2) is 12.6 Å². The van der Waals surface area contributed by atoms with Crippen molar-refractivity contribution in [2.24, 2.45) is 0 Å². The number of ether oxygens (including phenoxy) is 2. The van der Waals surface area contributed by atoms with Gasteiger partial charge in [-0.25, -0.2) is 4.79 Å². The molecule has 0 aromatic heterocycles.